The van der Waals surface area contributed by atoms with Gasteiger partial charge in [-0.3, -0.25) is 4.79 Å². The molecule has 156 valence electrons. The Morgan fingerprint density at radius 1 is 1.38 bits per heavy atom. The van der Waals surface area contributed by atoms with Crippen LogP contribution in [-0.4, -0.2) is 48.7 Å². The zero-order valence-electron chi connectivity index (χ0n) is 18.0. The number of anilines is 2. The first-order chi connectivity index (χ1) is 13.9. The van der Waals surface area contributed by atoms with E-state index in [1.165, 1.54) is 6.92 Å². The quantitative estimate of drug-likeness (QED) is 0.774. The molecule has 2 atom stereocenters. The number of aromatic nitrogens is 2. The molecule has 0 unspecified atom stereocenters. The van der Waals surface area contributed by atoms with E-state index in [9.17, 15) is 4.79 Å². The number of ether oxygens (including phenoxy) is 1. The van der Waals surface area contributed by atoms with Crippen LogP contribution in [0.1, 0.15) is 44.4 Å². The van der Waals surface area contributed by atoms with Gasteiger partial charge >= 0.3 is 0 Å². The third-order valence-corrected chi connectivity index (χ3v) is 5.30. The Morgan fingerprint density at radius 2 is 2.10 bits per heavy atom. The van der Waals surface area contributed by atoms with Crippen molar-refractivity contribution in [3.8, 4) is 5.75 Å². The largest absolute Gasteiger partial charge is 0.489 e. The lowest BCUT2D eigenvalue weighted by atomic mass is 10.1. The van der Waals surface area contributed by atoms with Gasteiger partial charge in [-0.1, -0.05) is 12.1 Å². The highest BCUT2D eigenvalue weighted by Gasteiger charge is 2.26. The number of nitrogens with zero attached hydrogens (tertiary/aromatic N) is 4. The van der Waals surface area contributed by atoms with Crippen molar-refractivity contribution in [1.29, 1.82) is 0 Å². The number of carbonyl (C=O) groups is 1. The minimum absolute atomic E-state index is 0.0142. The first kappa shape index (κ1) is 20.9. The van der Waals surface area contributed by atoms with Gasteiger partial charge in [-0.25, -0.2) is 4.98 Å². The molecule has 1 N–H and O–H groups in total. The summed E-state index contributed by atoms with van der Waals surface area (Å²) in [6.07, 6.45) is 2.97. The molecule has 3 rings (SSSR count). The van der Waals surface area contributed by atoms with Gasteiger partial charge in [-0.05, 0) is 38.5 Å². The van der Waals surface area contributed by atoms with Crippen LogP contribution >= 0.6 is 0 Å². The third kappa shape index (κ3) is 5.16. The molecule has 1 fully saturated rings. The van der Waals surface area contributed by atoms with Gasteiger partial charge < -0.3 is 19.9 Å². The molecule has 1 aliphatic heterocycles. The van der Waals surface area contributed by atoms with Crippen molar-refractivity contribution in [2.45, 2.75) is 46.3 Å². The zero-order valence-corrected chi connectivity index (χ0v) is 18.0. The molecule has 1 saturated heterocycles. The van der Waals surface area contributed by atoms with Gasteiger partial charge in [0.05, 0.1) is 12.6 Å². The van der Waals surface area contributed by atoms with Crippen molar-refractivity contribution >= 4 is 17.7 Å². The molecule has 29 heavy (non-hydrogen) atoms. The summed E-state index contributed by atoms with van der Waals surface area (Å²) in [7, 11) is 2.00. The van der Waals surface area contributed by atoms with Gasteiger partial charge in [-0.15, -0.1) is 0 Å². The summed E-state index contributed by atoms with van der Waals surface area (Å²) in [5.74, 6) is 2.56. The number of carbonyl (C=O) groups excluding carboxylic acids is 1. The summed E-state index contributed by atoms with van der Waals surface area (Å²) in [4.78, 5) is 24.7. The maximum atomic E-state index is 11.2. The minimum atomic E-state index is -0.0304. The predicted molar refractivity (Wildman–Crippen MR) is 116 cm³/mol. The highest BCUT2D eigenvalue weighted by molar-refractivity contribution is 5.73. The number of hydrogen-bond donors (Lipinski definition) is 1. The Balaban J connectivity index is 1.62. The predicted octanol–water partition coefficient (Wildman–Crippen LogP) is 3.10. The Bertz CT molecular complexity index is 840. The fraction of sp³-hybridized carbons (Fsp3) is 0.500. The lowest BCUT2D eigenvalue weighted by molar-refractivity contribution is -0.119. The smallest absolute Gasteiger partial charge is 0.227 e. The van der Waals surface area contributed by atoms with Crippen molar-refractivity contribution in [2.24, 2.45) is 0 Å². The van der Waals surface area contributed by atoms with Crippen LogP contribution in [0.5, 0.6) is 5.75 Å². The van der Waals surface area contributed by atoms with E-state index >= 15 is 0 Å². The van der Waals surface area contributed by atoms with E-state index in [-0.39, 0.29) is 18.1 Å². The maximum Gasteiger partial charge on any atom is 0.227 e. The molecule has 1 aromatic carbocycles. The molecule has 2 aromatic rings. The summed E-state index contributed by atoms with van der Waals surface area (Å²) in [6, 6.07) is 7.94. The fourth-order valence-electron chi connectivity index (χ4n) is 3.50. The number of aryl methyl sites for hydroxylation is 1. The molecule has 0 spiro atoms. The Labute approximate surface area is 173 Å². The molecule has 7 nitrogen and oxygen atoms in total. The molecule has 0 bridgehead atoms. The number of hydrogen-bond acceptors (Lipinski definition) is 6. The Hall–Kier alpha value is -2.83. The van der Waals surface area contributed by atoms with Crippen LogP contribution in [-0.2, 0) is 4.79 Å². The van der Waals surface area contributed by atoms with Crippen LogP contribution in [0.3, 0.4) is 0 Å². The molecule has 1 aromatic heterocycles. The molecule has 1 aliphatic rings. The summed E-state index contributed by atoms with van der Waals surface area (Å²) >= 11 is 0. The summed E-state index contributed by atoms with van der Waals surface area (Å²) in [5.41, 5.74) is 2.14. The molecule has 7 heteroatoms. The Morgan fingerprint density at radius 3 is 2.76 bits per heavy atom. The van der Waals surface area contributed by atoms with Crippen LogP contribution < -0.4 is 19.9 Å². The van der Waals surface area contributed by atoms with Crippen molar-refractivity contribution < 1.29 is 9.53 Å². The lowest BCUT2D eigenvalue weighted by Crippen LogP contribution is -2.27. The zero-order chi connectivity index (χ0) is 21.0. The maximum absolute atomic E-state index is 11.2. The van der Waals surface area contributed by atoms with Crippen molar-refractivity contribution in [1.82, 2.24) is 15.3 Å². The van der Waals surface area contributed by atoms with Crippen LogP contribution in [0.2, 0.25) is 0 Å². The van der Waals surface area contributed by atoms with Gasteiger partial charge in [0.25, 0.3) is 0 Å². The second kappa shape index (κ2) is 9.11. The summed E-state index contributed by atoms with van der Waals surface area (Å²) in [6.45, 7) is 10.2. The summed E-state index contributed by atoms with van der Waals surface area (Å²) in [5, 5.41) is 2.90. The van der Waals surface area contributed by atoms with E-state index in [0.717, 1.165) is 54.7 Å². The van der Waals surface area contributed by atoms with Crippen LogP contribution in [0, 0.1) is 6.92 Å². The van der Waals surface area contributed by atoms with Crippen LogP contribution in [0.15, 0.2) is 30.5 Å². The van der Waals surface area contributed by atoms with E-state index < -0.39 is 0 Å². The number of rotatable bonds is 7. The SMILES string of the molecule is CCN(C)c1ncc(C)c(N2CC[C@@H](Oc3ccc([C@H](C)NC(C)=O)cc3)C2)n1. The number of benzene rings is 1. The van der Waals surface area contributed by atoms with Crippen LogP contribution in [0.4, 0.5) is 11.8 Å². The molecule has 0 saturated carbocycles. The highest BCUT2D eigenvalue weighted by atomic mass is 16.5. The lowest BCUT2D eigenvalue weighted by Gasteiger charge is -2.22. The van der Waals surface area contributed by atoms with E-state index in [2.05, 4.69) is 22.1 Å². The molecular formula is C22H31N5O2. The summed E-state index contributed by atoms with van der Waals surface area (Å²) < 4.78 is 6.20. The van der Waals surface area contributed by atoms with E-state index in [0.29, 0.717) is 0 Å². The number of amides is 1. The monoisotopic (exact) mass is 397 g/mol. The van der Waals surface area contributed by atoms with Gasteiger partial charge in [0.1, 0.15) is 17.7 Å². The van der Waals surface area contributed by atoms with Gasteiger partial charge in [0, 0.05) is 45.2 Å². The second-order valence-electron chi connectivity index (χ2n) is 7.66. The molecular weight excluding hydrogens is 366 g/mol. The number of nitrogens with one attached hydrogen (secondary N) is 1. The third-order valence-electron chi connectivity index (χ3n) is 5.30. The highest BCUT2D eigenvalue weighted by Crippen LogP contribution is 2.26. The Kier molecular flexibility index (Phi) is 6.56. The topological polar surface area (TPSA) is 70.6 Å². The van der Waals surface area contributed by atoms with Crippen LogP contribution in [0.25, 0.3) is 0 Å². The van der Waals surface area contributed by atoms with Crippen molar-refractivity contribution in [3.63, 3.8) is 0 Å². The molecule has 1 amide bonds. The average molecular weight is 398 g/mol. The minimum Gasteiger partial charge on any atom is -0.489 e. The van der Waals surface area contributed by atoms with Gasteiger partial charge in [-0.2, -0.15) is 4.98 Å². The first-order valence-corrected chi connectivity index (χ1v) is 10.2. The normalized spacial score (nSPS) is 17.1. The second-order valence-corrected chi connectivity index (χ2v) is 7.66. The van der Waals surface area contributed by atoms with Crippen molar-refractivity contribution in [2.75, 3.05) is 36.5 Å². The first-order valence-electron chi connectivity index (χ1n) is 10.2. The van der Waals surface area contributed by atoms with E-state index in [1.54, 1.807) is 0 Å². The standard InChI is InChI=1S/C22H31N5O2/c1-6-26(5)22-23-13-15(2)21(25-22)27-12-11-20(14-27)29-19-9-7-18(8-10-19)16(3)24-17(4)28/h7-10,13,16,20H,6,11-12,14H2,1-5H3,(H,24,28)/t16-,20+/m0/s1. The average Bonchev–Trinajstić information content (AvgIpc) is 3.16. The molecule has 0 radical (unpaired) electrons. The van der Waals surface area contributed by atoms with Crippen molar-refractivity contribution in [3.05, 3.63) is 41.6 Å². The van der Waals surface area contributed by atoms with E-state index in [1.807, 2.05) is 56.3 Å². The molecule has 0 aliphatic carbocycles. The molecule has 2 heterocycles. The fourth-order valence-corrected chi connectivity index (χ4v) is 3.50. The van der Waals surface area contributed by atoms with Gasteiger partial charge in [0.2, 0.25) is 11.9 Å². The van der Waals surface area contributed by atoms with E-state index in [4.69, 9.17) is 9.72 Å². The van der Waals surface area contributed by atoms with Gasteiger partial charge in [0.15, 0.2) is 0 Å².